The molecule has 0 saturated heterocycles. The zero-order valence-electron chi connectivity index (χ0n) is 19.7. The van der Waals surface area contributed by atoms with Gasteiger partial charge in [-0.1, -0.05) is 19.9 Å². The summed E-state index contributed by atoms with van der Waals surface area (Å²) in [5, 5.41) is 21.9. The lowest BCUT2D eigenvalue weighted by molar-refractivity contribution is -0.104. The molecule has 2 atom stereocenters. The highest BCUT2D eigenvalue weighted by molar-refractivity contribution is 7.85. The first-order valence-corrected chi connectivity index (χ1v) is 11.8. The highest BCUT2D eigenvalue weighted by atomic mass is 32.2. The standard InChI is InChI=1S/C21H30FN3O4S.C2H6/c1-14-5-6-18(17(22)9-14)23-20(15(2)12-26)19(11-25(3)4)24-30(29)21(7-8-21)10-16(28)13-27;1-2/h5-6,9,11-12,16,23-24,27-28H,7-8,10,13H2,1-4H3;1-2H3/b19-11+,20-15+;. The lowest BCUT2D eigenvalue weighted by Crippen LogP contribution is -2.35. The molecule has 2 rings (SSSR count). The third-order valence-corrected chi connectivity index (χ3v) is 6.60. The van der Waals surface area contributed by atoms with Crippen LogP contribution in [0.4, 0.5) is 10.1 Å². The zero-order chi connectivity index (χ0) is 24.5. The van der Waals surface area contributed by atoms with Gasteiger partial charge in [0, 0.05) is 25.9 Å². The fourth-order valence-corrected chi connectivity index (χ4v) is 4.39. The van der Waals surface area contributed by atoms with Crippen molar-refractivity contribution in [2.24, 2.45) is 0 Å². The van der Waals surface area contributed by atoms with Gasteiger partial charge >= 0.3 is 0 Å². The fraction of sp³-hybridized carbons (Fsp3) is 0.522. The third-order valence-electron chi connectivity index (χ3n) is 4.83. The molecule has 0 radical (unpaired) electrons. The Morgan fingerprint density at radius 3 is 2.44 bits per heavy atom. The Labute approximate surface area is 193 Å². The number of halogens is 1. The fourth-order valence-electron chi connectivity index (χ4n) is 3.00. The first kappa shape index (κ1) is 27.8. The van der Waals surface area contributed by atoms with E-state index in [1.165, 1.54) is 6.07 Å². The first-order chi connectivity index (χ1) is 15.1. The Morgan fingerprint density at radius 2 is 1.97 bits per heavy atom. The van der Waals surface area contributed by atoms with Crippen molar-refractivity contribution in [3.8, 4) is 0 Å². The second-order valence-electron chi connectivity index (χ2n) is 7.88. The van der Waals surface area contributed by atoms with Crippen molar-refractivity contribution < 1.29 is 23.6 Å². The topological polar surface area (TPSA) is 102 Å². The van der Waals surface area contributed by atoms with E-state index in [9.17, 15) is 18.5 Å². The van der Waals surface area contributed by atoms with Crippen LogP contribution in [-0.2, 0) is 15.8 Å². The minimum absolute atomic E-state index is 0.186. The van der Waals surface area contributed by atoms with E-state index in [4.69, 9.17) is 5.11 Å². The normalized spacial score (nSPS) is 17.2. The van der Waals surface area contributed by atoms with Crippen LogP contribution in [0.3, 0.4) is 0 Å². The molecule has 1 aliphatic rings. The minimum atomic E-state index is -1.59. The predicted octanol–water partition coefficient (Wildman–Crippen LogP) is 2.98. The van der Waals surface area contributed by atoms with Crippen LogP contribution in [0.5, 0.6) is 0 Å². The van der Waals surface area contributed by atoms with Crippen LogP contribution in [0.1, 0.15) is 45.6 Å². The third kappa shape index (κ3) is 7.72. The summed E-state index contributed by atoms with van der Waals surface area (Å²) in [6.45, 7) is 6.96. The molecule has 2 unspecified atom stereocenters. The first-order valence-electron chi connectivity index (χ1n) is 10.7. The Morgan fingerprint density at radius 1 is 1.34 bits per heavy atom. The molecule has 32 heavy (non-hydrogen) atoms. The molecule has 1 saturated carbocycles. The maximum absolute atomic E-state index is 14.4. The van der Waals surface area contributed by atoms with Crippen LogP contribution in [0, 0.1) is 12.7 Å². The van der Waals surface area contributed by atoms with Crippen LogP contribution in [0.15, 0.2) is 41.4 Å². The van der Waals surface area contributed by atoms with Crippen molar-refractivity contribution in [1.29, 1.82) is 0 Å². The molecular weight excluding hydrogens is 433 g/mol. The van der Waals surface area contributed by atoms with Crippen molar-refractivity contribution in [2.45, 2.75) is 57.8 Å². The number of hydrogen-bond acceptors (Lipinski definition) is 6. The molecule has 1 aromatic carbocycles. The lowest BCUT2D eigenvalue weighted by Gasteiger charge is -2.23. The molecule has 1 aliphatic carbocycles. The molecule has 0 aliphatic heterocycles. The molecule has 0 spiro atoms. The number of hydrogen-bond donors (Lipinski definition) is 4. The maximum atomic E-state index is 14.4. The molecule has 1 fully saturated rings. The number of nitrogens with one attached hydrogen (secondary N) is 2. The Hall–Kier alpha value is -2.23. The predicted molar refractivity (Wildman–Crippen MR) is 128 cm³/mol. The van der Waals surface area contributed by atoms with Gasteiger partial charge in [-0.15, -0.1) is 0 Å². The minimum Gasteiger partial charge on any atom is -0.394 e. The Kier molecular flexibility index (Phi) is 11.0. The number of allylic oxidation sites excluding steroid dienone is 1. The smallest absolute Gasteiger partial charge is 0.147 e. The van der Waals surface area contributed by atoms with Gasteiger partial charge in [0.05, 0.1) is 34.5 Å². The van der Waals surface area contributed by atoms with Gasteiger partial charge in [0.25, 0.3) is 0 Å². The molecular formula is C23H36FN3O4S. The van der Waals surface area contributed by atoms with Gasteiger partial charge in [0.1, 0.15) is 23.1 Å². The van der Waals surface area contributed by atoms with Gasteiger partial charge in [-0.2, -0.15) is 0 Å². The molecule has 0 aromatic heterocycles. The van der Waals surface area contributed by atoms with Crippen molar-refractivity contribution in [3.05, 3.63) is 52.7 Å². The number of aliphatic hydroxyl groups excluding tert-OH is 2. The van der Waals surface area contributed by atoms with Crippen LogP contribution in [0.25, 0.3) is 0 Å². The zero-order valence-corrected chi connectivity index (χ0v) is 20.6. The highest BCUT2D eigenvalue weighted by Gasteiger charge is 2.50. The molecule has 1 aromatic rings. The van der Waals surface area contributed by atoms with Gasteiger partial charge in [0.2, 0.25) is 0 Å². The molecule has 0 amide bonds. The van der Waals surface area contributed by atoms with Crippen LogP contribution in [0.2, 0.25) is 0 Å². The number of aldehydes is 1. The van der Waals surface area contributed by atoms with E-state index >= 15 is 0 Å². The van der Waals surface area contributed by atoms with E-state index in [1.54, 1.807) is 51.2 Å². The second-order valence-corrected chi connectivity index (χ2v) is 9.49. The van der Waals surface area contributed by atoms with Crippen molar-refractivity contribution in [2.75, 3.05) is 26.0 Å². The van der Waals surface area contributed by atoms with Gasteiger partial charge < -0.3 is 25.2 Å². The lowest BCUT2D eigenvalue weighted by atomic mass is 10.1. The number of carbonyl (C=O) groups is 1. The summed E-state index contributed by atoms with van der Waals surface area (Å²) >= 11 is 0. The van der Waals surface area contributed by atoms with E-state index in [1.807, 2.05) is 13.8 Å². The average molecular weight is 470 g/mol. The average Bonchev–Trinajstić information content (AvgIpc) is 3.54. The number of benzene rings is 1. The molecule has 7 nitrogen and oxygen atoms in total. The van der Waals surface area contributed by atoms with Crippen molar-refractivity contribution >= 4 is 23.0 Å². The highest BCUT2D eigenvalue weighted by Crippen LogP contribution is 2.45. The Bertz CT molecular complexity index is 867. The molecule has 9 heteroatoms. The molecule has 0 bridgehead atoms. The van der Waals surface area contributed by atoms with E-state index in [0.717, 1.165) is 5.56 Å². The summed E-state index contributed by atoms with van der Waals surface area (Å²) in [6.07, 6.45) is 2.83. The van der Waals surface area contributed by atoms with Crippen LogP contribution < -0.4 is 10.0 Å². The Balaban J connectivity index is 0.00000249. The molecule has 4 N–H and O–H groups in total. The van der Waals surface area contributed by atoms with Gasteiger partial charge in [-0.3, -0.25) is 4.79 Å². The van der Waals surface area contributed by atoms with Crippen LogP contribution in [-0.4, -0.2) is 57.2 Å². The number of aryl methyl sites for hydroxylation is 1. The van der Waals surface area contributed by atoms with Gasteiger partial charge in [-0.05, 0) is 50.8 Å². The summed E-state index contributed by atoms with van der Waals surface area (Å²) in [7, 11) is 1.95. The monoisotopic (exact) mass is 469 g/mol. The number of nitrogens with zero attached hydrogens (tertiary/aromatic N) is 1. The van der Waals surface area contributed by atoms with Gasteiger partial charge in [0.15, 0.2) is 0 Å². The number of carbonyl (C=O) groups excluding carboxylic acids is 1. The maximum Gasteiger partial charge on any atom is 0.147 e. The van der Waals surface area contributed by atoms with Gasteiger partial charge in [-0.25, -0.2) is 8.60 Å². The summed E-state index contributed by atoms with van der Waals surface area (Å²) < 4.78 is 29.8. The second kappa shape index (κ2) is 12.7. The van der Waals surface area contributed by atoms with E-state index in [-0.39, 0.29) is 12.1 Å². The van der Waals surface area contributed by atoms with Crippen molar-refractivity contribution in [1.82, 2.24) is 9.62 Å². The summed E-state index contributed by atoms with van der Waals surface area (Å²) in [5.74, 6) is -0.471. The summed E-state index contributed by atoms with van der Waals surface area (Å²) in [5.41, 5.74) is 1.90. The van der Waals surface area contributed by atoms with E-state index < -0.39 is 34.3 Å². The number of anilines is 1. The largest absolute Gasteiger partial charge is 0.394 e. The molecule has 180 valence electrons. The SMILES string of the molecule is C/C(C=O)=C(Nc1ccc(C)cc1F)/C(=C\N(C)C)NS(=O)C1(CC(O)CO)CC1.CC. The number of rotatable bonds is 11. The van der Waals surface area contributed by atoms with E-state index in [2.05, 4.69) is 10.0 Å². The summed E-state index contributed by atoms with van der Waals surface area (Å²) in [6, 6.07) is 4.70. The summed E-state index contributed by atoms with van der Waals surface area (Å²) in [4.78, 5) is 13.3. The van der Waals surface area contributed by atoms with Crippen molar-refractivity contribution in [3.63, 3.8) is 0 Å². The van der Waals surface area contributed by atoms with Crippen LogP contribution >= 0.6 is 0 Å². The van der Waals surface area contributed by atoms with E-state index in [0.29, 0.717) is 36.1 Å². The number of aliphatic hydroxyl groups is 2. The molecule has 0 heterocycles. The quantitative estimate of drug-likeness (QED) is 0.226.